The molecular weight excluding hydrogens is 789 g/mol. The highest BCUT2D eigenvalue weighted by atomic mass is 15.1. The Labute approximate surface area is 370 Å². The molecule has 9 aromatic rings. The quantitative estimate of drug-likeness (QED) is 0.147. The number of pyridine rings is 3. The number of aryl methyl sites for hydroxylation is 2. The summed E-state index contributed by atoms with van der Waals surface area (Å²) in [4.78, 5) is 44.1. The van der Waals surface area contributed by atoms with Crippen molar-refractivity contribution >= 4 is 0 Å². The van der Waals surface area contributed by atoms with Gasteiger partial charge in [-0.05, 0) is 119 Å². The van der Waals surface area contributed by atoms with E-state index in [0.717, 1.165) is 33.4 Å². The molecule has 2 unspecified atom stereocenters. The third kappa shape index (κ3) is 6.38. The number of rotatable bonds is 8. The molecule has 10 heteroatoms. The third-order valence-corrected chi connectivity index (χ3v) is 12.1. The summed E-state index contributed by atoms with van der Waals surface area (Å²) in [6.45, 7) is 6.40. The first-order valence-corrected chi connectivity index (χ1v) is 21.2. The fraction of sp³-hybridized carbons (Fsp3) is 0.0926. The highest BCUT2D eigenvalue weighted by Gasteiger charge is 2.52. The van der Waals surface area contributed by atoms with Crippen molar-refractivity contribution in [1.82, 2.24) is 44.9 Å². The van der Waals surface area contributed by atoms with Gasteiger partial charge in [-0.25, -0.2) is 29.9 Å². The lowest BCUT2D eigenvalue weighted by Crippen LogP contribution is -2.26. The van der Waals surface area contributed by atoms with Crippen molar-refractivity contribution < 1.29 is 0 Å². The lowest BCUT2D eigenvalue weighted by Gasteiger charge is -2.31. The first-order chi connectivity index (χ1) is 31.4. The number of hydrogen-bond acceptors (Lipinski definition) is 10. The maximum Gasteiger partial charge on any atom is 0.182 e. The Morgan fingerprint density at radius 1 is 0.453 bits per heavy atom. The molecule has 0 bridgehead atoms. The Balaban J connectivity index is 1.16. The van der Waals surface area contributed by atoms with Gasteiger partial charge < -0.3 is 5.73 Å². The van der Waals surface area contributed by atoms with Crippen LogP contribution in [0.5, 0.6) is 0 Å². The zero-order valence-corrected chi connectivity index (χ0v) is 35.3. The van der Waals surface area contributed by atoms with Crippen LogP contribution in [0.15, 0.2) is 170 Å². The van der Waals surface area contributed by atoms with Crippen LogP contribution in [0.3, 0.4) is 0 Å². The fourth-order valence-corrected chi connectivity index (χ4v) is 9.17. The van der Waals surface area contributed by atoms with Crippen molar-refractivity contribution in [1.29, 1.82) is 0 Å². The largest absolute Gasteiger partial charge is 0.405 e. The van der Waals surface area contributed by atoms with Gasteiger partial charge in [0.25, 0.3) is 0 Å². The van der Waals surface area contributed by atoms with E-state index in [4.69, 9.17) is 35.6 Å². The van der Waals surface area contributed by atoms with E-state index in [1.165, 1.54) is 39.6 Å². The summed E-state index contributed by atoms with van der Waals surface area (Å²) >= 11 is 0. The smallest absolute Gasteiger partial charge is 0.182 e. The van der Waals surface area contributed by atoms with Crippen molar-refractivity contribution in [2.75, 3.05) is 0 Å². The lowest BCUT2D eigenvalue weighted by molar-refractivity contribution is 0.791. The molecule has 5 aromatic heterocycles. The Morgan fingerprint density at radius 2 is 0.859 bits per heavy atom. The number of allylic oxidation sites excluding steroid dienone is 3. The zero-order chi connectivity index (χ0) is 43.4. The predicted octanol–water partition coefficient (Wildman–Crippen LogP) is 10.7. The molecule has 0 saturated carbocycles. The van der Waals surface area contributed by atoms with E-state index in [0.29, 0.717) is 52.0 Å². The van der Waals surface area contributed by atoms with Crippen molar-refractivity contribution in [2.24, 2.45) is 5.73 Å². The minimum Gasteiger partial charge on any atom is -0.405 e. The molecule has 11 rings (SSSR count). The van der Waals surface area contributed by atoms with Crippen LogP contribution in [0.4, 0.5) is 0 Å². The molecule has 64 heavy (non-hydrogen) atoms. The summed E-state index contributed by atoms with van der Waals surface area (Å²) in [7, 11) is 0. The molecule has 2 atom stereocenters. The van der Waals surface area contributed by atoms with Crippen LogP contribution in [0.1, 0.15) is 52.0 Å². The van der Waals surface area contributed by atoms with Gasteiger partial charge in [0.05, 0.1) is 5.41 Å². The lowest BCUT2D eigenvalue weighted by atomic mass is 9.69. The van der Waals surface area contributed by atoms with Crippen LogP contribution in [0.2, 0.25) is 0 Å². The summed E-state index contributed by atoms with van der Waals surface area (Å²) in [6, 6.07) is 44.1. The SMILES string of the molecule is Cc1ccc2c(c1)C1(c3cc(C)ccc3-c3ccc(-c4nc(-c5ccccn5)nc(C(C)/C=C\C=C/N)n4)cc31)c1cc(-c3nc(-c4ccccn4)nc(-c4ccccn4)n3)ccc1-2. The van der Waals surface area contributed by atoms with E-state index in [9.17, 15) is 0 Å². The molecule has 0 aliphatic heterocycles. The molecule has 2 aliphatic rings. The standard InChI is InChI=1S/C54H40N10/c1-32-16-20-37-39-22-18-35(49-59-48(34(3)12-4-8-24-55)60-51(61-49)45-13-5-9-25-56-45)30-43(39)54(41(37)28-32)42-29-33(2)17-21-38(42)40-23-19-36(31-44(40)54)50-62-52(46-14-6-10-26-57-46)64-53(63-50)47-15-7-11-27-58-47/h4-31,34H,55H2,1-3H3/b12-4-,24-8-. The molecular formula is C54H40N10. The molecule has 0 radical (unpaired) electrons. The summed E-state index contributed by atoms with van der Waals surface area (Å²) in [5.41, 5.74) is 20.4. The van der Waals surface area contributed by atoms with Gasteiger partial charge in [0.1, 0.15) is 22.9 Å². The van der Waals surface area contributed by atoms with Crippen LogP contribution >= 0.6 is 0 Å². The summed E-state index contributed by atoms with van der Waals surface area (Å²) in [5.74, 6) is 3.05. The summed E-state index contributed by atoms with van der Waals surface area (Å²) in [6.07, 6.45) is 12.5. The first-order valence-electron chi connectivity index (χ1n) is 21.2. The molecule has 1 spiro atoms. The molecule has 2 N–H and O–H groups in total. The van der Waals surface area contributed by atoms with Gasteiger partial charge in [0.2, 0.25) is 0 Å². The van der Waals surface area contributed by atoms with Crippen molar-refractivity contribution in [2.45, 2.75) is 32.1 Å². The fourth-order valence-electron chi connectivity index (χ4n) is 9.17. The maximum atomic E-state index is 5.65. The van der Waals surface area contributed by atoms with Gasteiger partial charge in [-0.1, -0.05) is 109 Å². The first kappa shape index (κ1) is 38.5. The minimum atomic E-state index is -0.704. The van der Waals surface area contributed by atoms with Gasteiger partial charge >= 0.3 is 0 Å². The normalized spacial score (nSPS) is 15.0. The highest BCUT2D eigenvalue weighted by molar-refractivity contribution is 5.96. The van der Waals surface area contributed by atoms with Crippen LogP contribution < -0.4 is 5.73 Å². The van der Waals surface area contributed by atoms with Gasteiger partial charge in [-0.2, -0.15) is 0 Å². The van der Waals surface area contributed by atoms with Crippen LogP contribution in [-0.2, 0) is 5.41 Å². The van der Waals surface area contributed by atoms with E-state index >= 15 is 0 Å². The van der Waals surface area contributed by atoms with Crippen LogP contribution in [-0.4, -0.2) is 44.9 Å². The molecule has 0 amide bonds. The molecule has 4 aromatic carbocycles. The Morgan fingerprint density at radius 3 is 1.31 bits per heavy atom. The molecule has 0 fully saturated rings. The number of benzene rings is 4. The Hall–Kier alpha value is -8.37. The van der Waals surface area contributed by atoms with Crippen molar-refractivity contribution in [3.63, 3.8) is 0 Å². The third-order valence-electron chi connectivity index (χ3n) is 12.1. The second-order valence-corrected chi connectivity index (χ2v) is 16.2. The second kappa shape index (κ2) is 15.5. The Kier molecular flexibility index (Phi) is 9.34. The number of fused-ring (bicyclic) bond motifs is 10. The van der Waals surface area contributed by atoms with Gasteiger partial charge in [-0.3, -0.25) is 15.0 Å². The van der Waals surface area contributed by atoms with E-state index in [1.54, 1.807) is 24.7 Å². The van der Waals surface area contributed by atoms with Crippen molar-refractivity contribution in [3.8, 4) is 79.6 Å². The number of hydrogen-bond donors (Lipinski definition) is 1. The molecule has 2 aliphatic carbocycles. The van der Waals surface area contributed by atoms with E-state index in [2.05, 4.69) is 109 Å². The Bertz CT molecular complexity index is 3260. The number of nitrogens with zero attached hydrogens (tertiary/aromatic N) is 9. The average molecular weight is 829 g/mol. The number of nitrogens with two attached hydrogens (primary N) is 1. The molecule has 5 heterocycles. The predicted molar refractivity (Wildman–Crippen MR) is 250 cm³/mol. The number of aromatic nitrogens is 9. The summed E-state index contributed by atoms with van der Waals surface area (Å²) in [5, 5.41) is 0. The molecule has 0 saturated heterocycles. The van der Waals surface area contributed by atoms with E-state index in [1.807, 2.05) is 66.7 Å². The molecule has 306 valence electrons. The highest BCUT2D eigenvalue weighted by Crippen LogP contribution is 2.63. The zero-order valence-electron chi connectivity index (χ0n) is 35.3. The van der Waals surface area contributed by atoms with Crippen LogP contribution in [0.25, 0.3) is 79.6 Å². The van der Waals surface area contributed by atoms with Crippen molar-refractivity contribution in [3.05, 3.63) is 210 Å². The average Bonchev–Trinajstić information content (AvgIpc) is 3.79. The van der Waals surface area contributed by atoms with Gasteiger partial charge in [0, 0.05) is 35.6 Å². The monoisotopic (exact) mass is 828 g/mol. The van der Waals surface area contributed by atoms with Crippen LogP contribution in [0, 0.1) is 13.8 Å². The van der Waals surface area contributed by atoms with E-state index in [-0.39, 0.29) is 5.92 Å². The topological polar surface area (TPSA) is 142 Å². The minimum absolute atomic E-state index is 0.129. The van der Waals surface area contributed by atoms with E-state index < -0.39 is 5.41 Å². The summed E-state index contributed by atoms with van der Waals surface area (Å²) < 4.78 is 0. The maximum absolute atomic E-state index is 5.65. The second-order valence-electron chi connectivity index (χ2n) is 16.2. The van der Waals surface area contributed by atoms with Gasteiger partial charge in [-0.15, -0.1) is 0 Å². The van der Waals surface area contributed by atoms with Gasteiger partial charge in [0.15, 0.2) is 29.1 Å². The molecule has 10 nitrogen and oxygen atoms in total.